The van der Waals surface area contributed by atoms with Crippen LogP contribution in [0.25, 0.3) is 0 Å². The van der Waals surface area contributed by atoms with Crippen LogP contribution in [-0.2, 0) is 14.8 Å². The molecule has 3 aromatic rings. The highest BCUT2D eigenvalue weighted by Crippen LogP contribution is 2.25. The number of halogens is 2. The van der Waals surface area contributed by atoms with Gasteiger partial charge in [-0.15, -0.1) is 0 Å². The van der Waals surface area contributed by atoms with Crippen molar-refractivity contribution in [3.05, 3.63) is 82.8 Å². The molecular weight excluding hydrogens is 435 g/mol. The Kier molecular flexibility index (Phi) is 6.64. The smallest absolute Gasteiger partial charge is 0.262 e. The predicted molar refractivity (Wildman–Crippen MR) is 114 cm³/mol. The molecule has 2 N–H and O–H groups in total. The van der Waals surface area contributed by atoms with Crippen LogP contribution in [0.2, 0.25) is 10.0 Å². The lowest BCUT2D eigenvalue weighted by atomic mass is 10.3. The normalized spacial score (nSPS) is 11.0. The third-order valence-corrected chi connectivity index (χ3v) is 5.69. The van der Waals surface area contributed by atoms with Crippen LogP contribution in [0.3, 0.4) is 0 Å². The molecule has 0 aromatic heterocycles. The largest absolute Gasteiger partial charge is 0.484 e. The summed E-state index contributed by atoms with van der Waals surface area (Å²) in [5.74, 6) is -0.0902. The highest BCUT2D eigenvalue weighted by atomic mass is 35.5. The summed E-state index contributed by atoms with van der Waals surface area (Å²) in [5, 5.41) is 3.38. The molecular formula is C20H16Cl2N2O4S. The van der Waals surface area contributed by atoms with Crippen molar-refractivity contribution in [1.82, 2.24) is 0 Å². The summed E-state index contributed by atoms with van der Waals surface area (Å²) in [4.78, 5) is 12.1. The molecule has 0 aliphatic carbocycles. The SMILES string of the molecule is O=C(COc1ccc(S(=O)(=O)Nc2ccccc2)cc1)Nc1cc(Cl)ccc1Cl. The number of ether oxygens (including phenoxy) is 1. The maximum absolute atomic E-state index is 12.4. The fraction of sp³-hybridized carbons (Fsp3) is 0.0500. The number of rotatable bonds is 7. The van der Waals surface area contributed by atoms with Crippen LogP contribution in [-0.4, -0.2) is 20.9 Å². The maximum Gasteiger partial charge on any atom is 0.262 e. The van der Waals surface area contributed by atoms with Gasteiger partial charge in [-0.3, -0.25) is 9.52 Å². The molecule has 1 amide bonds. The molecule has 0 aliphatic rings. The molecule has 0 unspecified atom stereocenters. The van der Waals surface area contributed by atoms with Gasteiger partial charge in [-0.1, -0.05) is 41.4 Å². The van der Waals surface area contributed by atoms with Crippen LogP contribution >= 0.6 is 23.2 Å². The van der Waals surface area contributed by atoms with E-state index < -0.39 is 15.9 Å². The number of sulfonamides is 1. The van der Waals surface area contributed by atoms with Crippen molar-refractivity contribution < 1.29 is 17.9 Å². The van der Waals surface area contributed by atoms with Crippen molar-refractivity contribution in [3.8, 4) is 5.75 Å². The van der Waals surface area contributed by atoms with Gasteiger partial charge in [-0.25, -0.2) is 8.42 Å². The van der Waals surface area contributed by atoms with Crippen LogP contribution in [0.4, 0.5) is 11.4 Å². The van der Waals surface area contributed by atoms with Gasteiger partial charge >= 0.3 is 0 Å². The summed E-state index contributed by atoms with van der Waals surface area (Å²) < 4.78 is 32.7. The van der Waals surface area contributed by atoms with Crippen molar-refractivity contribution in [2.75, 3.05) is 16.6 Å². The number of benzene rings is 3. The monoisotopic (exact) mass is 450 g/mol. The van der Waals surface area contributed by atoms with Crippen LogP contribution in [0.15, 0.2) is 77.7 Å². The molecule has 6 nitrogen and oxygen atoms in total. The lowest BCUT2D eigenvalue weighted by molar-refractivity contribution is -0.118. The van der Waals surface area contributed by atoms with Gasteiger partial charge in [0.1, 0.15) is 5.75 Å². The molecule has 29 heavy (non-hydrogen) atoms. The Balaban J connectivity index is 1.59. The number of amides is 1. The lowest BCUT2D eigenvalue weighted by Crippen LogP contribution is -2.20. The van der Waals surface area contributed by atoms with Crippen LogP contribution < -0.4 is 14.8 Å². The van der Waals surface area contributed by atoms with Gasteiger partial charge in [0.2, 0.25) is 0 Å². The molecule has 0 saturated carbocycles. The van der Waals surface area contributed by atoms with Gasteiger partial charge in [0.05, 0.1) is 15.6 Å². The fourth-order valence-electron chi connectivity index (χ4n) is 2.36. The van der Waals surface area contributed by atoms with Gasteiger partial charge in [0.25, 0.3) is 15.9 Å². The topological polar surface area (TPSA) is 84.5 Å². The van der Waals surface area contributed by atoms with Crippen molar-refractivity contribution >= 4 is 50.5 Å². The van der Waals surface area contributed by atoms with Crippen molar-refractivity contribution in [2.24, 2.45) is 0 Å². The van der Waals surface area contributed by atoms with E-state index in [4.69, 9.17) is 27.9 Å². The van der Waals surface area contributed by atoms with E-state index in [1.807, 2.05) is 0 Å². The predicted octanol–water partition coefficient (Wildman–Crippen LogP) is 4.81. The minimum atomic E-state index is -3.72. The fourth-order valence-corrected chi connectivity index (χ4v) is 3.76. The van der Waals surface area contributed by atoms with E-state index in [0.717, 1.165) is 0 Å². The Morgan fingerprint density at radius 1 is 0.931 bits per heavy atom. The lowest BCUT2D eigenvalue weighted by Gasteiger charge is -2.10. The Labute approximate surface area is 178 Å². The third-order valence-electron chi connectivity index (χ3n) is 3.73. The van der Waals surface area contributed by atoms with E-state index >= 15 is 0 Å². The Hall–Kier alpha value is -2.74. The van der Waals surface area contributed by atoms with Gasteiger partial charge < -0.3 is 10.1 Å². The zero-order valence-electron chi connectivity index (χ0n) is 14.9. The molecule has 0 radical (unpaired) electrons. The van der Waals surface area contributed by atoms with Crippen LogP contribution in [0.1, 0.15) is 0 Å². The van der Waals surface area contributed by atoms with Crippen molar-refractivity contribution in [1.29, 1.82) is 0 Å². The summed E-state index contributed by atoms with van der Waals surface area (Å²) in [6.07, 6.45) is 0. The van der Waals surface area contributed by atoms with Crippen molar-refractivity contribution in [3.63, 3.8) is 0 Å². The molecule has 0 saturated heterocycles. The van der Waals surface area contributed by atoms with Gasteiger partial charge in [0.15, 0.2) is 6.61 Å². The summed E-state index contributed by atoms with van der Waals surface area (Å²) in [5.41, 5.74) is 0.838. The molecule has 0 bridgehead atoms. The molecule has 0 spiro atoms. The van der Waals surface area contributed by atoms with E-state index in [0.29, 0.717) is 27.2 Å². The second kappa shape index (κ2) is 9.17. The minimum absolute atomic E-state index is 0.0730. The van der Waals surface area contributed by atoms with Gasteiger partial charge in [0, 0.05) is 10.7 Å². The third kappa shape index (κ3) is 5.87. The first-order valence-corrected chi connectivity index (χ1v) is 10.6. The molecule has 0 heterocycles. The number of anilines is 2. The second-order valence-corrected chi connectivity index (χ2v) is 8.43. The summed E-state index contributed by atoms with van der Waals surface area (Å²) in [7, 11) is -3.72. The number of para-hydroxylation sites is 1. The molecule has 3 aromatic carbocycles. The van der Waals surface area contributed by atoms with E-state index in [9.17, 15) is 13.2 Å². The maximum atomic E-state index is 12.4. The second-order valence-electron chi connectivity index (χ2n) is 5.90. The number of carbonyl (C=O) groups excluding carboxylic acids is 1. The molecule has 9 heteroatoms. The van der Waals surface area contributed by atoms with E-state index in [-0.39, 0.29) is 11.5 Å². The Morgan fingerprint density at radius 2 is 1.62 bits per heavy atom. The number of carbonyl (C=O) groups is 1. The van der Waals surface area contributed by atoms with Crippen LogP contribution in [0, 0.1) is 0 Å². The first-order valence-electron chi connectivity index (χ1n) is 8.39. The standard InChI is InChI=1S/C20H16Cl2N2O4S/c21-14-6-11-18(22)19(12-14)23-20(25)13-28-16-7-9-17(10-8-16)29(26,27)24-15-4-2-1-3-5-15/h1-12,24H,13H2,(H,23,25). The van der Waals surface area contributed by atoms with Crippen molar-refractivity contribution in [2.45, 2.75) is 4.90 Å². The zero-order valence-corrected chi connectivity index (χ0v) is 17.3. The van der Waals surface area contributed by atoms with Gasteiger partial charge in [-0.05, 0) is 54.6 Å². The molecule has 0 fully saturated rings. The minimum Gasteiger partial charge on any atom is -0.484 e. The summed E-state index contributed by atoms with van der Waals surface area (Å²) >= 11 is 11.9. The highest BCUT2D eigenvalue weighted by Gasteiger charge is 2.14. The Morgan fingerprint density at radius 3 is 2.31 bits per heavy atom. The molecule has 0 aliphatic heterocycles. The number of hydrogen-bond donors (Lipinski definition) is 2. The molecule has 0 atom stereocenters. The first-order chi connectivity index (χ1) is 13.8. The average Bonchev–Trinajstić information content (AvgIpc) is 2.70. The average molecular weight is 451 g/mol. The van der Waals surface area contributed by atoms with Crippen LogP contribution in [0.5, 0.6) is 5.75 Å². The van der Waals surface area contributed by atoms with E-state index in [1.165, 1.54) is 30.3 Å². The Bertz CT molecular complexity index is 1110. The van der Waals surface area contributed by atoms with E-state index in [2.05, 4.69) is 10.0 Å². The summed E-state index contributed by atoms with van der Waals surface area (Å²) in [6, 6.07) is 19.0. The zero-order chi connectivity index (χ0) is 20.9. The highest BCUT2D eigenvalue weighted by molar-refractivity contribution is 7.92. The molecule has 3 rings (SSSR count). The first kappa shape index (κ1) is 21.0. The molecule has 150 valence electrons. The number of hydrogen-bond acceptors (Lipinski definition) is 4. The van der Waals surface area contributed by atoms with E-state index in [1.54, 1.807) is 42.5 Å². The quantitative estimate of drug-likeness (QED) is 0.540. The summed E-state index contributed by atoms with van der Waals surface area (Å²) in [6.45, 7) is -0.281. The number of nitrogens with one attached hydrogen (secondary N) is 2. The van der Waals surface area contributed by atoms with Gasteiger partial charge in [-0.2, -0.15) is 0 Å².